The van der Waals surface area contributed by atoms with Gasteiger partial charge in [-0.1, -0.05) is 24.3 Å². The number of amides is 2. The molecule has 2 amide bonds. The lowest BCUT2D eigenvalue weighted by Crippen LogP contribution is -2.34. The maximum Gasteiger partial charge on any atom is 0.335 e. The number of aryl methyl sites for hydroxylation is 1. The van der Waals surface area contributed by atoms with Crippen molar-refractivity contribution in [3.63, 3.8) is 0 Å². The third-order valence-corrected chi connectivity index (χ3v) is 4.14. The van der Waals surface area contributed by atoms with Crippen molar-refractivity contribution in [2.45, 2.75) is 6.17 Å². The zero-order valence-electron chi connectivity index (χ0n) is 13.0. The molecule has 1 atom stereocenters. The summed E-state index contributed by atoms with van der Waals surface area (Å²) in [5.41, 5.74) is 1.34. The molecule has 0 N–H and O–H groups in total. The number of hydrogen-bond acceptors (Lipinski definition) is 3. The van der Waals surface area contributed by atoms with Crippen LogP contribution in [0.15, 0.2) is 49.1 Å². The molecule has 0 saturated carbocycles. The van der Waals surface area contributed by atoms with Crippen molar-refractivity contribution in [3.05, 3.63) is 60.5 Å². The normalized spacial score (nSPS) is 17.5. The van der Waals surface area contributed by atoms with E-state index in [1.807, 2.05) is 24.3 Å². The second-order valence-electron chi connectivity index (χ2n) is 5.62. The fourth-order valence-electron chi connectivity index (χ4n) is 3.00. The molecule has 1 aliphatic rings. The van der Waals surface area contributed by atoms with Crippen LogP contribution in [-0.4, -0.2) is 33.5 Å². The highest BCUT2D eigenvalue weighted by molar-refractivity contribution is 6.11. The molecule has 24 heavy (non-hydrogen) atoms. The first-order valence-corrected chi connectivity index (χ1v) is 7.48. The van der Waals surface area contributed by atoms with Crippen LogP contribution in [0.5, 0.6) is 0 Å². The Balaban J connectivity index is 1.81. The molecule has 0 aliphatic carbocycles. The average Bonchev–Trinajstić information content (AvgIpc) is 3.17. The molecule has 4 rings (SSSR count). The second-order valence-corrected chi connectivity index (χ2v) is 5.62. The summed E-state index contributed by atoms with van der Waals surface area (Å²) in [6.45, 7) is 7.80. The molecule has 1 unspecified atom stereocenters. The van der Waals surface area contributed by atoms with E-state index in [0.717, 1.165) is 10.8 Å². The summed E-state index contributed by atoms with van der Waals surface area (Å²) >= 11 is 0. The van der Waals surface area contributed by atoms with E-state index in [4.69, 9.17) is 6.57 Å². The number of nitrogens with zero attached hydrogens (tertiary/aromatic N) is 6. The molecule has 0 spiro atoms. The first-order valence-electron chi connectivity index (χ1n) is 7.48. The molecule has 118 valence electrons. The van der Waals surface area contributed by atoms with Crippen molar-refractivity contribution in [3.8, 4) is 0 Å². The molecule has 7 heteroatoms. The third-order valence-electron chi connectivity index (χ3n) is 4.14. The van der Waals surface area contributed by atoms with Crippen LogP contribution in [0.25, 0.3) is 15.6 Å². The van der Waals surface area contributed by atoms with Crippen molar-refractivity contribution in [2.75, 3.05) is 16.3 Å². The number of aromatic nitrogens is 3. The highest BCUT2D eigenvalue weighted by atomic mass is 16.2. The summed E-state index contributed by atoms with van der Waals surface area (Å²) in [6, 6.07) is 7.49. The van der Waals surface area contributed by atoms with Gasteiger partial charge in [-0.25, -0.2) is 16.3 Å². The van der Waals surface area contributed by atoms with E-state index >= 15 is 0 Å². The minimum absolute atomic E-state index is 0.234. The van der Waals surface area contributed by atoms with Crippen LogP contribution in [-0.2, 0) is 7.05 Å². The Hall–Kier alpha value is -3.40. The van der Waals surface area contributed by atoms with Crippen LogP contribution >= 0.6 is 0 Å². The smallest absolute Gasteiger partial charge is 0.287 e. The van der Waals surface area contributed by atoms with E-state index in [1.54, 1.807) is 41.4 Å². The number of anilines is 2. The second kappa shape index (κ2) is 5.35. The Morgan fingerprint density at radius 1 is 1.25 bits per heavy atom. The maximum atomic E-state index is 13.0. The molecule has 3 aromatic rings. The zero-order valence-corrected chi connectivity index (χ0v) is 13.0. The van der Waals surface area contributed by atoms with Gasteiger partial charge in [-0.3, -0.25) is 19.4 Å². The minimum atomic E-state index is -0.592. The molecule has 3 heterocycles. The summed E-state index contributed by atoms with van der Waals surface area (Å²) in [5, 5.41) is 5.95. The van der Waals surface area contributed by atoms with Gasteiger partial charge in [-0.2, -0.15) is 5.10 Å². The van der Waals surface area contributed by atoms with Gasteiger partial charge in [0.15, 0.2) is 0 Å². The number of fused-ring (bicyclic) bond motifs is 1. The monoisotopic (exact) mass is 318 g/mol. The number of carbonyl (C=O) groups is 1. The number of rotatable bonds is 2. The SMILES string of the molecule is [C-]#[N+]C1CN(c2cnn(C)c2)C(=O)N1c1cncc2ccccc12. The molecule has 0 bridgehead atoms. The van der Waals surface area contributed by atoms with E-state index in [1.165, 1.54) is 4.90 Å². The Labute approximate surface area is 138 Å². The lowest BCUT2D eigenvalue weighted by molar-refractivity contribution is 0.255. The van der Waals surface area contributed by atoms with Crippen LogP contribution in [0, 0.1) is 6.57 Å². The highest BCUT2D eigenvalue weighted by Crippen LogP contribution is 2.33. The highest BCUT2D eigenvalue weighted by Gasteiger charge is 2.44. The topological polar surface area (TPSA) is 58.6 Å². The van der Waals surface area contributed by atoms with E-state index in [9.17, 15) is 4.79 Å². The molecule has 2 aromatic heterocycles. The molecule has 1 saturated heterocycles. The van der Waals surface area contributed by atoms with Crippen molar-refractivity contribution in [2.24, 2.45) is 7.05 Å². The standard InChI is InChI=1S/C17H14N6O/c1-18-16-11-22(13-8-20-21(2)10-13)17(24)23(16)15-9-19-7-12-5-3-4-6-14(12)15/h3-10,16H,11H2,2H3. The summed E-state index contributed by atoms with van der Waals surface area (Å²) < 4.78 is 1.64. The largest absolute Gasteiger partial charge is 0.335 e. The quantitative estimate of drug-likeness (QED) is 0.683. The molecule has 1 fully saturated rings. The zero-order chi connectivity index (χ0) is 16.7. The van der Waals surface area contributed by atoms with Gasteiger partial charge < -0.3 is 0 Å². The first-order chi connectivity index (χ1) is 11.7. The Morgan fingerprint density at radius 2 is 2.08 bits per heavy atom. The Kier molecular flexibility index (Phi) is 3.17. The lowest BCUT2D eigenvalue weighted by atomic mass is 10.1. The molecule has 7 nitrogen and oxygen atoms in total. The summed E-state index contributed by atoms with van der Waals surface area (Å²) in [6.07, 6.45) is 6.20. The van der Waals surface area contributed by atoms with Gasteiger partial charge >= 0.3 is 12.2 Å². The first kappa shape index (κ1) is 14.2. The van der Waals surface area contributed by atoms with Crippen molar-refractivity contribution in [1.29, 1.82) is 0 Å². The summed E-state index contributed by atoms with van der Waals surface area (Å²) in [7, 11) is 1.79. The number of hydrogen-bond donors (Lipinski definition) is 0. The van der Waals surface area contributed by atoms with Gasteiger partial charge in [-0.15, -0.1) is 0 Å². The van der Waals surface area contributed by atoms with E-state index in [0.29, 0.717) is 17.9 Å². The molecule has 1 aromatic carbocycles. The third kappa shape index (κ3) is 2.08. The van der Waals surface area contributed by atoms with Gasteiger partial charge in [0.25, 0.3) is 0 Å². The van der Waals surface area contributed by atoms with Gasteiger partial charge in [0.05, 0.1) is 23.8 Å². The van der Waals surface area contributed by atoms with Gasteiger partial charge in [0, 0.05) is 30.2 Å². The Morgan fingerprint density at radius 3 is 2.83 bits per heavy atom. The van der Waals surface area contributed by atoms with Crippen LogP contribution in [0.1, 0.15) is 0 Å². The van der Waals surface area contributed by atoms with E-state index < -0.39 is 6.17 Å². The number of pyridine rings is 1. The predicted octanol–water partition coefficient (Wildman–Crippen LogP) is 2.66. The van der Waals surface area contributed by atoms with Crippen LogP contribution in [0.3, 0.4) is 0 Å². The predicted molar refractivity (Wildman–Crippen MR) is 90.6 cm³/mol. The number of carbonyl (C=O) groups excluding carboxylic acids is 1. The average molecular weight is 318 g/mol. The van der Waals surface area contributed by atoms with Crippen LogP contribution in [0.2, 0.25) is 0 Å². The summed E-state index contributed by atoms with van der Waals surface area (Å²) in [5.74, 6) is 0. The number of benzene rings is 1. The van der Waals surface area contributed by atoms with Gasteiger partial charge in [0.1, 0.15) is 6.54 Å². The van der Waals surface area contributed by atoms with E-state index in [-0.39, 0.29) is 6.03 Å². The van der Waals surface area contributed by atoms with E-state index in [2.05, 4.69) is 14.9 Å². The molecule has 0 radical (unpaired) electrons. The van der Waals surface area contributed by atoms with Gasteiger partial charge in [-0.05, 0) is 0 Å². The fourth-order valence-corrected chi connectivity index (χ4v) is 3.00. The fraction of sp³-hybridized carbons (Fsp3) is 0.176. The van der Waals surface area contributed by atoms with Gasteiger partial charge in [0.2, 0.25) is 0 Å². The number of urea groups is 1. The lowest BCUT2D eigenvalue weighted by Gasteiger charge is -2.18. The van der Waals surface area contributed by atoms with Crippen molar-refractivity contribution < 1.29 is 4.79 Å². The minimum Gasteiger partial charge on any atom is -0.287 e. The molecular weight excluding hydrogens is 304 g/mol. The van der Waals surface area contributed by atoms with Crippen LogP contribution in [0.4, 0.5) is 16.2 Å². The Bertz CT molecular complexity index is 967. The summed E-state index contributed by atoms with van der Waals surface area (Å²) in [4.78, 5) is 24.0. The van der Waals surface area contributed by atoms with Crippen LogP contribution < -0.4 is 9.80 Å². The van der Waals surface area contributed by atoms with Crippen molar-refractivity contribution in [1.82, 2.24) is 14.8 Å². The molecular formula is C17H14N6O. The maximum absolute atomic E-state index is 13.0. The van der Waals surface area contributed by atoms with Crippen molar-refractivity contribution >= 4 is 28.2 Å². The molecule has 1 aliphatic heterocycles.